The van der Waals surface area contributed by atoms with Gasteiger partial charge in [0.1, 0.15) is 6.42 Å². The van der Waals surface area contributed by atoms with Crippen LogP contribution in [-0.4, -0.2) is 12.5 Å². The molecule has 0 bridgehead atoms. The standard InChI is InChI=1S/C10H16N2O/c11-7-5-10(13)12-8-6-9-3-1-2-4-9/h9H,1-6,8H2,(H,12,13). The number of nitrogens with zero attached hydrogens (tertiary/aromatic N) is 1. The third-order valence-electron chi connectivity index (χ3n) is 2.59. The summed E-state index contributed by atoms with van der Waals surface area (Å²) in [4.78, 5) is 10.9. The molecule has 1 amide bonds. The molecule has 0 aromatic rings. The third-order valence-corrected chi connectivity index (χ3v) is 2.59. The normalized spacial score (nSPS) is 16.8. The summed E-state index contributed by atoms with van der Waals surface area (Å²) in [5, 5.41) is 11.0. The van der Waals surface area contributed by atoms with E-state index in [4.69, 9.17) is 5.26 Å². The Kier molecular flexibility index (Phi) is 4.31. The Bertz CT molecular complexity index is 201. The van der Waals surface area contributed by atoms with Gasteiger partial charge in [-0.3, -0.25) is 4.79 Å². The summed E-state index contributed by atoms with van der Waals surface area (Å²) >= 11 is 0. The van der Waals surface area contributed by atoms with Crippen LogP contribution in [-0.2, 0) is 4.79 Å². The second-order valence-corrected chi connectivity index (χ2v) is 3.62. The van der Waals surface area contributed by atoms with Gasteiger partial charge in [-0.15, -0.1) is 0 Å². The molecule has 0 heterocycles. The molecular weight excluding hydrogens is 164 g/mol. The van der Waals surface area contributed by atoms with Crippen molar-refractivity contribution < 1.29 is 4.79 Å². The van der Waals surface area contributed by atoms with Gasteiger partial charge in [0.15, 0.2) is 0 Å². The van der Waals surface area contributed by atoms with E-state index in [0.717, 1.165) is 18.9 Å². The first-order valence-electron chi connectivity index (χ1n) is 4.96. The highest BCUT2D eigenvalue weighted by atomic mass is 16.1. The first-order chi connectivity index (χ1) is 6.33. The predicted molar refractivity (Wildman–Crippen MR) is 49.8 cm³/mol. The summed E-state index contributed by atoms with van der Waals surface area (Å²) in [5.74, 6) is 0.669. The van der Waals surface area contributed by atoms with Crippen molar-refractivity contribution in [2.45, 2.75) is 38.5 Å². The number of hydrogen-bond acceptors (Lipinski definition) is 2. The number of hydrogen-bond donors (Lipinski definition) is 1. The van der Waals surface area contributed by atoms with Gasteiger partial charge < -0.3 is 5.32 Å². The molecule has 1 aliphatic rings. The van der Waals surface area contributed by atoms with Crippen LogP contribution in [0.4, 0.5) is 0 Å². The molecule has 0 saturated heterocycles. The Morgan fingerprint density at radius 2 is 2.15 bits per heavy atom. The highest BCUT2D eigenvalue weighted by Gasteiger charge is 2.14. The molecule has 3 heteroatoms. The third kappa shape index (κ3) is 3.93. The fourth-order valence-electron chi connectivity index (χ4n) is 1.85. The van der Waals surface area contributed by atoms with Crippen molar-refractivity contribution in [1.29, 1.82) is 5.26 Å². The van der Waals surface area contributed by atoms with Gasteiger partial charge in [-0.2, -0.15) is 5.26 Å². The van der Waals surface area contributed by atoms with E-state index < -0.39 is 0 Å². The van der Waals surface area contributed by atoms with E-state index in [2.05, 4.69) is 5.32 Å². The second-order valence-electron chi connectivity index (χ2n) is 3.62. The van der Waals surface area contributed by atoms with Crippen LogP contribution in [0.15, 0.2) is 0 Å². The minimum atomic E-state index is -0.138. The smallest absolute Gasteiger partial charge is 0.234 e. The Labute approximate surface area is 79.1 Å². The van der Waals surface area contributed by atoms with Crippen LogP contribution in [0.2, 0.25) is 0 Å². The number of carbonyl (C=O) groups is 1. The molecule has 0 unspecified atom stereocenters. The van der Waals surface area contributed by atoms with Crippen LogP contribution in [0.1, 0.15) is 38.5 Å². The van der Waals surface area contributed by atoms with Crippen LogP contribution in [0.3, 0.4) is 0 Å². The molecule has 13 heavy (non-hydrogen) atoms. The summed E-state index contributed by atoms with van der Waals surface area (Å²) in [5.41, 5.74) is 0. The maximum Gasteiger partial charge on any atom is 0.234 e. The molecule has 72 valence electrons. The molecule has 1 N–H and O–H groups in total. The first-order valence-corrected chi connectivity index (χ1v) is 4.96. The van der Waals surface area contributed by atoms with Gasteiger partial charge in [0.25, 0.3) is 0 Å². The maximum absolute atomic E-state index is 10.9. The topological polar surface area (TPSA) is 52.9 Å². The Balaban J connectivity index is 2.00. The summed E-state index contributed by atoms with van der Waals surface area (Å²) < 4.78 is 0. The molecule has 1 saturated carbocycles. The van der Waals surface area contributed by atoms with Crippen LogP contribution < -0.4 is 5.32 Å². The zero-order valence-corrected chi connectivity index (χ0v) is 7.88. The van der Waals surface area contributed by atoms with E-state index in [1.807, 2.05) is 6.07 Å². The molecule has 0 spiro atoms. The number of nitrogens with one attached hydrogen (secondary N) is 1. The van der Waals surface area contributed by atoms with Gasteiger partial charge in [0.05, 0.1) is 6.07 Å². The van der Waals surface area contributed by atoms with E-state index >= 15 is 0 Å². The molecule has 3 nitrogen and oxygen atoms in total. The van der Waals surface area contributed by atoms with Gasteiger partial charge in [-0.25, -0.2) is 0 Å². The molecule has 1 fully saturated rings. The monoisotopic (exact) mass is 180 g/mol. The van der Waals surface area contributed by atoms with Crippen LogP contribution in [0.5, 0.6) is 0 Å². The summed E-state index contributed by atoms with van der Waals surface area (Å²) in [6.45, 7) is 0.741. The van der Waals surface area contributed by atoms with E-state index in [9.17, 15) is 4.79 Å². The lowest BCUT2D eigenvalue weighted by atomic mass is 10.0. The predicted octanol–water partition coefficient (Wildman–Crippen LogP) is 1.60. The van der Waals surface area contributed by atoms with Crippen molar-refractivity contribution in [2.24, 2.45) is 5.92 Å². The Hall–Kier alpha value is -1.04. The van der Waals surface area contributed by atoms with Gasteiger partial charge in [0.2, 0.25) is 5.91 Å². The highest BCUT2D eigenvalue weighted by Crippen LogP contribution is 2.26. The fraction of sp³-hybridized carbons (Fsp3) is 0.800. The average molecular weight is 180 g/mol. The molecule has 0 aromatic carbocycles. The summed E-state index contributed by atoms with van der Waals surface area (Å²) in [6, 6.07) is 1.83. The van der Waals surface area contributed by atoms with E-state index in [1.165, 1.54) is 25.7 Å². The van der Waals surface area contributed by atoms with Crippen molar-refractivity contribution in [3.05, 3.63) is 0 Å². The zero-order chi connectivity index (χ0) is 9.52. The van der Waals surface area contributed by atoms with Gasteiger partial charge in [0, 0.05) is 6.54 Å². The van der Waals surface area contributed by atoms with E-state index in [1.54, 1.807) is 0 Å². The fourth-order valence-corrected chi connectivity index (χ4v) is 1.85. The molecule has 1 rings (SSSR count). The number of carbonyl (C=O) groups excluding carboxylic acids is 1. The quantitative estimate of drug-likeness (QED) is 0.714. The van der Waals surface area contributed by atoms with Crippen molar-refractivity contribution in [3.63, 3.8) is 0 Å². The molecule has 0 radical (unpaired) electrons. The molecule has 1 aliphatic carbocycles. The number of nitriles is 1. The van der Waals surface area contributed by atoms with Gasteiger partial charge in [-0.1, -0.05) is 25.7 Å². The minimum Gasteiger partial charge on any atom is -0.355 e. The lowest BCUT2D eigenvalue weighted by Crippen LogP contribution is -2.24. The van der Waals surface area contributed by atoms with Crippen molar-refractivity contribution >= 4 is 5.91 Å². The molecule has 0 aromatic heterocycles. The first kappa shape index (κ1) is 10.0. The minimum absolute atomic E-state index is 0.00926. The van der Waals surface area contributed by atoms with E-state index in [-0.39, 0.29) is 12.3 Å². The Morgan fingerprint density at radius 3 is 2.77 bits per heavy atom. The summed E-state index contributed by atoms with van der Waals surface area (Å²) in [6.07, 6.45) is 6.39. The molecule has 0 aliphatic heterocycles. The highest BCUT2D eigenvalue weighted by molar-refractivity contribution is 5.77. The van der Waals surface area contributed by atoms with Gasteiger partial charge >= 0.3 is 0 Å². The largest absolute Gasteiger partial charge is 0.355 e. The van der Waals surface area contributed by atoms with Crippen LogP contribution in [0, 0.1) is 17.2 Å². The van der Waals surface area contributed by atoms with Crippen LogP contribution >= 0.6 is 0 Å². The molecular formula is C10H16N2O. The lowest BCUT2D eigenvalue weighted by molar-refractivity contribution is -0.120. The van der Waals surface area contributed by atoms with Gasteiger partial charge in [-0.05, 0) is 12.3 Å². The maximum atomic E-state index is 10.9. The van der Waals surface area contributed by atoms with Crippen molar-refractivity contribution in [2.75, 3.05) is 6.54 Å². The van der Waals surface area contributed by atoms with Crippen molar-refractivity contribution in [3.8, 4) is 6.07 Å². The SMILES string of the molecule is N#CCC(=O)NCCC1CCCC1. The van der Waals surface area contributed by atoms with Crippen LogP contribution in [0.25, 0.3) is 0 Å². The number of amides is 1. The number of rotatable bonds is 4. The lowest BCUT2D eigenvalue weighted by Gasteiger charge is -2.08. The zero-order valence-electron chi connectivity index (χ0n) is 7.88. The van der Waals surface area contributed by atoms with Crippen molar-refractivity contribution in [1.82, 2.24) is 5.32 Å². The molecule has 0 atom stereocenters. The second kappa shape index (κ2) is 5.58. The Morgan fingerprint density at radius 1 is 1.46 bits per heavy atom. The summed E-state index contributed by atoms with van der Waals surface area (Å²) in [7, 11) is 0. The van der Waals surface area contributed by atoms with E-state index in [0.29, 0.717) is 0 Å². The average Bonchev–Trinajstić information content (AvgIpc) is 2.57.